The third-order valence-corrected chi connectivity index (χ3v) is 9.06. The molecule has 0 bridgehead atoms. The molecule has 176 valence electrons. The van der Waals surface area contributed by atoms with Crippen LogP contribution in [0.1, 0.15) is 63.9 Å². The van der Waals surface area contributed by atoms with Crippen molar-refractivity contribution < 1.29 is 13.2 Å². The Labute approximate surface area is 199 Å². The summed E-state index contributed by atoms with van der Waals surface area (Å²) >= 11 is 5.94. The predicted octanol–water partition coefficient (Wildman–Crippen LogP) is 4.71. The molecule has 1 aromatic rings. The van der Waals surface area contributed by atoms with Crippen LogP contribution < -0.4 is 0 Å². The number of piperazine rings is 1. The maximum Gasteiger partial charge on any atom is 0.214 e. The quantitative estimate of drug-likeness (QED) is 0.502. The molecule has 0 amide bonds. The van der Waals surface area contributed by atoms with Gasteiger partial charge in [0.2, 0.25) is 10.0 Å². The number of sulfonamides is 1. The van der Waals surface area contributed by atoms with Gasteiger partial charge in [0.05, 0.1) is 5.75 Å². The molecule has 0 spiro atoms. The summed E-state index contributed by atoms with van der Waals surface area (Å²) in [5.74, 6) is 0.503. The minimum Gasteiger partial charge on any atom is -0.299 e. The minimum absolute atomic E-state index is 0. The van der Waals surface area contributed by atoms with E-state index in [1.54, 1.807) is 4.31 Å². The van der Waals surface area contributed by atoms with E-state index in [4.69, 9.17) is 11.6 Å². The standard InChI is InChI=1S/C23H35ClN2O3S.ClH/c1-2-18-30(28,29)26-16-14-25(15-17-26)23(11-4-3-5-12-23)13-10-22(27)19-20-6-8-21(24)9-7-20;/h6-9H,2-5,10-19H2,1H3;1H. The average molecular weight is 492 g/mol. The van der Waals surface area contributed by atoms with E-state index < -0.39 is 10.0 Å². The summed E-state index contributed by atoms with van der Waals surface area (Å²) in [6, 6.07) is 7.51. The number of nitrogens with zero attached hydrogens (tertiary/aromatic N) is 2. The molecule has 1 aliphatic carbocycles. The topological polar surface area (TPSA) is 57.7 Å². The van der Waals surface area contributed by atoms with Gasteiger partial charge in [0.15, 0.2) is 0 Å². The van der Waals surface area contributed by atoms with Gasteiger partial charge in [-0.2, -0.15) is 4.31 Å². The van der Waals surface area contributed by atoms with E-state index in [0.717, 1.165) is 37.9 Å². The predicted molar refractivity (Wildman–Crippen MR) is 130 cm³/mol. The van der Waals surface area contributed by atoms with Crippen LogP contribution in [0.2, 0.25) is 5.02 Å². The zero-order valence-corrected chi connectivity index (χ0v) is 20.9. The van der Waals surface area contributed by atoms with Crippen molar-refractivity contribution in [1.29, 1.82) is 0 Å². The summed E-state index contributed by atoms with van der Waals surface area (Å²) in [7, 11) is -3.13. The first kappa shape index (κ1) is 26.6. The van der Waals surface area contributed by atoms with Gasteiger partial charge < -0.3 is 0 Å². The Kier molecular flexibility index (Phi) is 10.3. The molecular formula is C23H36Cl2N2O3S. The molecule has 2 aliphatic rings. The van der Waals surface area contributed by atoms with Crippen molar-refractivity contribution in [2.24, 2.45) is 0 Å². The first-order valence-corrected chi connectivity index (χ1v) is 13.3. The van der Waals surface area contributed by atoms with Gasteiger partial charge in [-0.25, -0.2) is 8.42 Å². The van der Waals surface area contributed by atoms with Crippen molar-refractivity contribution in [2.75, 3.05) is 31.9 Å². The number of benzene rings is 1. The van der Waals surface area contributed by atoms with Crippen molar-refractivity contribution in [3.8, 4) is 0 Å². The van der Waals surface area contributed by atoms with E-state index in [1.807, 2.05) is 31.2 Å². The number of hydrogen-bond donors (Lipinski definition) is 0. The smallest absolute Gasteiger partial charge is 0.214 e. The highest BCUT2D eigenvalue weighted by Gasteiger charge is 2.40. The lowest BCUT2D eigenvalue weighted by Gasteiger charge is -2.50. The molecule has 31 heavy (non-hydrogen) atoms. The van der Waals surface area contributed by atoms with Gasteiger partial charge in [-0.1, -0.05) is 49.9 Å². The van der Waals surface area contributed by atoms with Gasteiger partial charge in [-0.15, -0.1) is 12.4 Å². The molecule has 0 N–H and O–H groups in total. The molecule has 0 aromatic heterocycles. The first-order valence-electron chi connectivity index (χ1n) is 11.3. The van der Waals surface area contributed by atoms with E-state index in [9.17, 15) is 13.2 Å². The van der Waals surface area contributed by atoms with Gasteiger partial charge in [-0.05, 0) is 43.4 Å². The Bertz CT molecular complexity index is 801. The number of halogens is 2. The molecule has 3 rings (SSSR count). The van der Waals surface area contributed by atoms with Gasteiger partial charge in [0, 0.05) is 49.6 Å². The Morgan fingerprint density at radius 1 is 1.03 bits per heavy atom. The molecule has 1 aliphatic heterocycles. The molecule has 2 fully saturated rings. The summed E-state index contributed by atoms with van der Waals surface area (Å²) < 4.78 is 26.5. The van der Waals surface area contributed by atoms with E-state index in [1.165, 1.54) is 19.3 Å². The highest BCUT2D eigenvalue weighted by atomic mass is 35.5. The fourth-order valence-electron chi connectivity index (χ4n) is 5.05. The normalized spacial score (nSPS) is 20.2. The van der Waals surface area contributed by atoms with Crippen molar-refractivity contribution in [3.05, 3.63) is 34.9 Å². The number of Topliss-reactive ketones (excluding diaryl/α,β-unsaturated/α-hetero) is 1. The Morgan fingerprint density at radius 2 is 1.65 bits per heavy atom. The third kappa shape index (κ3) is 7.16. The number of hydrogen-bond acceptors (Lipinski definition) is 4. The average Bonchev–Trinajstić information content (AvgIpc) is 2.75. The third-order valence-electron chi connectivity index (χ3n) is 6.73. The Balaban J connectivity index is 0.00000341. The fraction of sp³-hybridized carbons (Fsp3) is 0.696. The van der Waals surface area contributed by atoms with Crippen LogP contribution in [0.15, 0.2) is 24.3 Å². The minimum atomic E-state index is -3.13. The molecule has 0 atom stereocenters. The van der Waals surface area contributed by atoms with E-state index in [0.29, 0.717) is 37.4 Å². The second-order valence-electron chi connectivity index (χ2n) is 8.83. The first-order chi connectivity index (χ1) is 14.3. The van der Waals surface area contributed by atoms with Crippen LogP contribution in [0.3, 0.4) is 0 Å². The lowest BCUT2D eigenvalue weighted by Crippen LogP contribution is -2.58. The molecule has 1 heterocycles. The lowest BCUT2D eigenvalue weighted by atomic mass is 9.76. The van der Waals surface area contributed by atoms with Crippen molar-refractivity contribution in [3.63, 3.8) is 0 Å². The van der Waals surface area contributed by atoms with E-state index in [-0.39, 0.29) is 29.5 Å². The molecule has 0 unspecified atom stereocenters. The largest absolute Gasteiger partial charge is 0.299 e. The van der Waals surface area contributed by atoms with Crippen LogP contribution in [0.5, 0.6) is 0 Å². The van der Waals surface area contributed by atoms with Crippen LogP contribution in [0.25, 0.3) is 0 Å². The summed E-state index contributed by atoms with van der Waals surface area (Å²) in [6.07, 6.45) is 8.44. The molecule has 1 saturated heterocycles. The van der Waals surface area contributed by atoms with Gasteiger partial charge >= 0.3 is 0 Å². The molecule has 5 nitrogen and oxygen atoms in total. The maximum atomic E-state index is 12.7. The van der Waals surface area contributed by atoms with Gasteiger partial charge in [0.25, 0.3) is 0 Å². The SMILES string of the molecule is CCCS(=O)(=O)N1CCN(C2(CCC(=O)Cc3ccc(Cl)cc3)CCCCC2)CC1.Cl. The summed E-state index contributed by atoms with van der Waals surface area (Å²) in [5.41, 5.74) is 1.06. The number of carbonyl (C=O) groups is 1. The van der Waals surface area contributed by atoms with Crippen molar-refractivity contribution in [1.82, 2.24) is 9.21 Å². The zero-order valence-electron chi connectivity index (χ0n) is 18.5. The Hall–Kier alpha value is -0.660. The monoisotopic (exact) mass is 490 g/mol. The summed E-state index contributed by atoms with van der Waals surface area (Å²) in [4.78, 5) is 15.2. The summed E-state index contributed by atoms with van der Waals surface area (Å²) in [6.45, 7) is 4.60. The van der Waals surface area contributed by atoms with Crippen molar-refractivity contribution >= 4 is 39.8 Å². The van der Waals surface area contributed by atoms with Crippen molar-refractivity contribution in [2.45, 2.75) is 70.3 Å². The zero-order chi connectivity index (χ0) is 21.6. The van der Waals surface area contributed by atoms with E-state index in [2.05, 4.69) is 4.90 Å². The van der Waals surface area contributed by atoms with Crippen LogP contribution in [0.4, 0.5) is 0 Å². The van der Waals surface area contributed by atoms with Crippen LogP contribution >= 0.6 is 24.0 Å². The number of ketones is 1. The second kappa shape index (κ2) is 12.0. The molecule has 0 radical (unpaired) electrons. The molecular weight excluding hydrogens is 455 g/mol. The lowest BCUT2D eigenvalue weighted by molar-refractivity contribution is -0.119. The van der Waals surface area contributed by atoms with Crippen LogP contribution in [-0.2, 0) is 21.2 Å². The summed E-state index contributed by atoms with van der Waals surface area (Å²) in [5, 5.41) is 0.687. The van der Waals surface area contributed by atoms with Gasteiger partial charge in [-0.3, -0.25) is 9.69 Å². The second-order valence-corrected chi connectivity index (χ2v) is 11.4. The maximum absolute atomic E-state index is 12.7. The highest BCUT2D eigenvalue weighted by molar-refractivity contribution is 7.89. The van der Waals surface area contributed by atoms with Crippen LogP contribution in [-0.4, -0.2) is 60.9 Å². The number of carbonyl (C=O) groups excluding carboxylic acids is 1. The number of rotatable bonds is 9. The van der Waals surface area contributed by atoms with Gasteiger partial charge in [0.1, 0.15) is 5.78 Å². The molecule has 1 saturated carbocycles. The molecule has 8 heteroatoms. The van der Waals surface area contributed by atoms with E-state index >= 15 is 0 Å². The fourth-order valence-corrected chi connectivity index (χ4v) is 6.67. The Morgan fingerprint density at radius 3 is 2.23 bits per heavy atom. The molecule has 1 aromatic carbocycles. The van der Waals surface area contributed by atoms with Crippen LogP contribution in [0, 0.1) is 0 Å². The highest BCUT2D eigenvalue weighted by Crippen LogP contribution is 2.38.